The van der Waals surface area contributed by atoms with Crippen LogP contribution in [-0.4, -0.2) is 49.8 Å². The highest BCUT2D eigenvalue weighted by molar-refractivity contribution is 5.80. The van der Waals surface area contributed by atoms with Crippen molar-refractivity contribution in [2.24, 2.45) is 23.7 Å². The molecule has 1 rings (SSSR count). The van der Waals surface area contributed by atoms with Crippen molar-refractivity contribution in [3.05, 3.63) is 0 Å². The zero-order valence-corrected chi connectivity index (χ0v) is 15.6. The van der Waals surface area contributed by atoms with E-state index in [0.29, 0.717) is 17.9 Å². The van der Waals surface area contributed by atoms with E-state index in [-0.39, 0.29) is 29.9 Å². The van der Waals surface area contributed by atoms with Crippen LogP contribution in [0.4, 0.5) is 0 Å². The molecule has 1 saturated heterocycles. The summed E-state index contributed by atoms with van der Waals surface area (Å²) in [5.74, 6) is 1.30. The van der Waals surface area contributed by atoms with Crippen LogP contribution in [-0.2, 0) is 14.3 Å². The highest BCUT2D eigenvalue weighted by Crippen LogP contribution is 2.36. The van der Waals surface area contributed by atoms with Gasteiger partial charge in [0.2, 0.25) is 5.91 Å². The Balaban J connectivity index is 3.04. The summed E-state index contributed by atoms with van der Waals surface area (Å²) in [5, 5.41) is 0. The summed E-state index contributed by atoms with van der Waals surface area (Å²) in [5.41, 5.74) is 0. The summed E-state index contributed by atoms with van der Waals surface area (Å²) in [6.07, 6.45) is 0.971. The van der Waals surface area contributed by atoms with Gasteiger partial charge in [-0.15, -0.1) is 0 Å². The average Bonchev–Trinajstić information content (AvgIpc) is 2.76. The third-order valence-electron chi connectivity index (χ3n) is 5.31. The largest absolute Gasteiger partial charge is 0.384 e. The van der Waals surface area contributed by atoms with Gasteiger partial charge in [0.15, 0.2) is 0 Å². The van der Waals surface area contributed by atoms with Gasteiger partial charge in [0, 0.05) is 32.2 Å². The molecule has 4 nitrogen and oxygen atoms in total. The van der Waals surface area contributed by atoms with Crippen molar-refractivity contribution in [3.8, 4) is 0 Å². The Morgan fingerprint density at radius 1 is 1.18 bits per heavy atom. The van der Waals surface area contributed by atoms with Gasteiger partial charge in [0.1, 0.15) is 0 Å². The van der Waals surface area contributed by atoms with Crippen molar-refractivity contribution in [3.63, 3.8) is 0 Å². The summed E-state index contributed by atoms with van der Waals surface area (Å²) >= 11 is 0. The maximum atomic E-state index is 13.3. The van der Waals surface area contributed by atoms with Gasteiger partial charge in [-0.3, -0.25) is 4.79 Å². The van der Waals surface area contributed by atoms with E-state index in [0.717, 1.165) is 13.0 Å². The van der Waals surface area contributed by atoms with Gasteiger partial charge >= 0.3 is 0 Å². The lowest BCUT2D eigenvalue weighted by molar-refractivity contribution is -0.146. The van der Waals surface area contributed by atoms with Gasteiger partial charge in [-0.25, -0.2) is 0 Å². The number of nitrogens with zero attached hydrogens (tertiary/aromatic N) is 1. The number of hydrogen-bond acceptors (Lipinski definition) is 3. The van der Waals surface area contributed by atoms with Crippen LogP contribution in [0.15, 0.2) is 0 Å². The monoisotopic (exact) mass is 313 g/mol. The molecule has 0 spiro atoms. The first kappa shape index (κ1) is 19.4. The van der Waals surface area contributed by atoms with Gasteiger partial charge in [-0.1, -0.05) is 27.7 Å². The van der Waals surface area contributed by atoms with Gasteiger partial charge in [0.05, 0.1) is 18.6 Å². The van der Waals surface area contributed by atoms with E-state index in [1.807, 2.05) is 6.92 Å². The SMILES string of the molecule is COCC1C[C@@H](C(C)C)N(C(=O)C(C(C)C)C(C)OC)C1C. The van der Waals surface area contributed by atoms with Crippen LogP contribution >= 0.6 is 0 Å². The number of amides is 1. The minimum Gasteiger partial charge on any atom is -0.384 e. The number of hydrogen-bond donors (Lipinski definition) is 0. The first-order valence-corrected chi connectivity index (χ1v) is 8.60. The Morgan fingerprint density at radius 3 is 2.18 bits per heavy atom. The first-order valence-electron chi connectivity index (χ1n) is 8.60. The van der Waals surface area contributed by atoms with Crippen molar-refractivity contribution in [1.82, 2.24) is 4.90 Å². The molecule has 4 heteroatoms. The van der Waals surface area contributed by atoms with Crippen molar-refractivity contribution in [1.29, 1.82) is 0 Å². The van der Waals surface area contributed by atoms with E-state index in [1.165, 1.54) is 0 Å². The molecular formula is C18H35NO3. The molecule has 0 aromatic rings. The summed E-state index contributed by atoms with van der Waals surface area (Å²) in [6.45, 7) is 13.5. The third kappa shape index (κ3) is 4.02. The molecule has 1 amide bonds. The molecule has 22 heavy (non-hydrogen) atoms. The fraction of sp³-hybridized carbons (Fsp3) is 0.944. The second-order valence-corrected chi connectivity index (χ2v) is 7.46. The van der Waals surface area contributed by atoms with Gasteiger partial charge < -0.3 is 14.4 Å². The fourth-order valence-corrected chi connectivity index (χ4v) is 3.88. The third-order valence-corrected chi connectivity index (χ3v) is 5.31. The van der Waals surface area contributed by atoms with E-state index in [9.17, 15) is 4.79 Å². The lowest BCUT2D eigenvalue weighted by Crippen LogP contribution is -2.50. The first-order chi connectivity index (χ1) is 10.3. The van der Waals surface area contributed by atoms with Crippen LogP contribution in [0.2, 0.25) is 0 Å². The molecule has 0 bridgehead atoms. The Bertz CT molecular complexity index is 356. The summed E-state index contributed by atoms with van der Waals surface area (Å²) in [7, 11) is 3.43. The van der Waals surface area contributed by atoms with Crippen molar-refractivity contribution in [2.75, 3.05) is 20.8 Å². The maximum absolute atomic E-state index is 13.3. The molecule has 5 atom stereocenters. The minimum atomic E-state index is -0.0880. The molecule has 1 heterocycles. The zero-order chi connectivity index (χ0) is 17.0. The average molecular weight is 313 g/mol. The quantitative estimate of drug-likeness (QED) is 0.724. The molecule has 1 aliphatic rings. The van der Waals surface area contributed by atoms with Crippen molar-refractivity contribution < 1.29 is 14.3 Å². The Labute approximate surface area is 136 Å². The Morgan fingerprint density at radius 2 is 1.77 bits per heavy atom. The molecule has 1 aliphatic heterocycles. The predicted octanol–water partition coefficient (Wildman–Crippen LogP) is 3.20. The highest BCUT2D eigenvalue weighted by Gasteiger charge is 2.45. The summed E-state index contributed by atoms with van der Waals surface area (Å²) in [4.78, 5) is 15.4. The molecule has 0 N–H and O–H groups in total. The zero-order valence-electron chi connectivity index (χ0n) is 15.6. The van der Waals surface area contributed by atoms with E-state index >= 15 is 0 Å². The highest BCUT2D eigenvalue weighted by atomic mass is 16.5. The lowest BCUT2D eigenvalue weighted by atomic mass is 9.88. The fourth-order valence-electron chi connectivity index (χ4n) is 3.88. The lowest BCUT2D eigenvalue weighted by Gasteiger charge is -2.37. The Hall–Kier alpha value is -0.610. The molecule has 130 valence electrons. The number of rotatable bonds is 7. The van der Waals surface area contributed by atoms with Gasteiger partial charge in [-0.05, 0) is 32.1 Å². The molecule has 1 fully saturated rings. The predicted molar refractivity (Wildman–Crippen MR) is 89.7 cm³/mol. The van der Waals surface area contributed by atoms with Crippen molar-refractivity contribution >= 4 is 5.91 Å². The second kappa shape index (κ2) is 8.30. The normalized spacial score (nSPS) is 28.5. The molecule has 0 aliphatic carbocycles. The molecule has 4 unspecified atom stereocenters. The molecular weight excluding hydrogens is 278 g/mol. The molecule has 0 aromatic carbocycles. The Kier molecular flexibility index (Phi) is 7.33. The number of carbonyl (C=O) groups is 1. The molecule has 0 aromatic heterocycles. The number of methoxy groups -OCH3 is 2. The van der Waals surface area contributed by atoms with E-state index in [2.05, 4.69) is 39.5 Å². The van der Waals surface area contributed by atoms with Gasteiger partial charge in [0.25, 0.3) is 0 Å². The second-order valence-electron chi connectivity index (χ2n) is 7.46. The molecule has 0 saturated carbocycles. The van der Waals surface area contributed by atoms with Gasteiger partial charge in [-0.2, -0.15) is 0 Å². The minimum absolute atomic E-state index is 0.0611. The van der Waals surface area contributed by atoms with Crippen molar-refractivity contribution in [2.45, 2.75) is 66.2 Å². The summed E-state index contributed by atoms with van der Waals surface area (Å²) in [6, 6.07) is 0.526. The smallest absolute Gasteiger partial charge is 0.229 e. The number of carbonyl (C=O) groups excluding carboxylic acids is 1. The van der Waals surface area contributed by atoms with Crippen LogP contribution in [0, 0.1) is 23.7 Å². The van der Waals surface area contributed by atoms with E-state index < -0.39 is 0 Å². The standard InChI is InChI=1S/C18H35NO3/c1-11(2)16-9-15(10-21-7)13(5)19(16)18(20)17(12(3)4)14(6)22-8/h11-17H,9-10H2,1-8H3/t13?,14?,15?,16-,17?/m0/s1. The maximum Gasteiger partial charge on any atom is 0.229 e. The number of likely N-dealkylation sites (tertiary alicyclic amines) is 1. The van der Waals surface area contributed by atoms with E-state index in [1.54, 1.807) is 14.2 Å². The van der Waals surface area contributed by atoms with E-state index in [4.69, 9.17) is 9.47 Å². The molecule has 0 radical (unpaired) electrons. The topological polar surface area (TPSA) is 38.8 Å². The van der Waals surface area contributed by atoms with Crippen LogP contribution in [0.25, 0.3) is 0 Å². The van der Waals surface area contributed by atoms with Crippen LogP contribution in [0.3, 0.4) is 0 Å². The van der Waals surface area contributed by atoms with Crippen LogP contribution in [0.5, 0.6) is 0 Å². The van der Waals surface area contributed by atoms with Crippen LogP contribution in [0.1, 0.15) is 48.0 Å². The summed E-state index contributed by atoms with van der Waals surface area (Å²) < 4.78 is 10.9. The van der Waals surface area contributed by atoms with Crippen LogP contribution < -0.4 is 0 Å². The number of ether oxygens (including phenoxy) is 2.